The van der Waals surface area contributed by atoms with E-state index in [0.717, 1.165) is 11.0 Å². The maximum atomic E-state index is 15.1. The molecule has 2 aliphatic heterocycles. The van der Waals surface area contributed by atoms with Gasteiger partial charge in [0.2, 0.25) is 5.95 Å². The minimum absolute atomic E-state index is 0.0219. The highest BCUT2D eigenvalue weighted by atomic mass is 32.5. The monoisotopic (exact) mass is 599 g/mol. The van der Waals surface area contributed by atoms with Crippen LogP contribution in [0, 0.1) is 0 Å². The molecule has 4 aromatic heterocycles. The summed E-state index contributed by atoms with van der Waals surface area (Å²) in [6.45, 7) is -4.67. The zero-order chi connectivity index (χ0) is 28.3. The normalized spacial score (nSPS) is 30.4. The zero-order valence-electron chi connectivity index (χ0n) is 20.3. The number of ether oxygens (including phenoxy) is 2. The second-order valence-electron chi connectivity index (χ2n) is 9.23. The Morgan fingerprint density at radius 3 is 2.80 bits per heavy atom. The van der Waals surface area contributed by atoms with E-state index in [1.165, 1.54) is 10.9 Å². The Balaban J connectivity index is 1.22. The molecule has 0 radical (unpaired) electrons. The maximum Gasteiger partial charge on any atom is 0.280 e. The lowest BCUT2D eigenvalue weighted by molar-refractivity contribution is -0.0476. The third kappa shape index (κ3) is 4.41. The van der Waals surface area contributed by atoms with Gasteiger partial charge in [-0.2, -0.15) is 9.67 Å². The minimum atomic E-state index is -3.80. The number of aromatic amines is 1. The number of halogens is 1. The number of imidazole rings is 1. The van der Waals surface area contributed by atoms with Gasteiger partial charge in [0.25, 0.3) is 5.56 Å². The fraction of sp³-hybridized carbons (Fsp3) is 0.526. The SMILES string of the molecule is Nc1nc2c(ncn2[C@@H]2OC(CO)C[C@H]2P(O)(=S)OC[C@H]2O[C@@H](n3nnc4c(N)ncnc43)[C@@H](F)[C@@H]2O)c(=O)[nH]1. The second-order valence-corrected chi connectivity index (χ2v) is 12.9. The number of aliphatic hydroxyl groups is 2. The Kier molecular flexibility index (Phi) is 6.74. The number of nitrogen functional groups attached to an aromatic ring is 2. The lowest BCUT2D eigenvalue weighted by atomic mass is 10.1. The average molecular weight is 600 g/mol. The number of nitrogens with zero attached hydrogens (tertiary/aromatic N) is 8. The van der Waals surface area contributed by atoms with Gasteiger partial charge in [0.05, 0.1) is 31.3 Å². The third-order valence-electron chi connectivity index (χ3n) is 6.76. The first-order chi connectivity index (χ1) is 19.1. The fourth-order valence-electron chi connectivity index (χ4n) is 4.79. The molecule has 18 nitrogen and oxygen atoms in total. The van der Waals surface area contributed by atoms with Gasteiger partial charge in [0.1, 0.15) is 24.8 Å². The molecular weight excluding hydrogens is 576 g/mol. The maximum absolute atomic E-state index is 15.1. The van der Waals surface area contributed by atoms with Crippen LogP contribution in [0.5, 0.6) is 0 Å². The Labute approximate surface area is 227 Å². The lowest BCUT2D eigenvalue weighted by Gasteiger charge is -2.28. The number of nitrogens with two attached hydrogens (primary N) is 2. The van der Waals surface area contributed by atoms with Crippen molar-refractivity contribution < 1.29 is 33.5 Å². The van der Waals surface area contributed by atoms with Crippen LogP contribution in [0.25, 0.3) is 22.3 Å². The summed E-state index contributed by atoms with van der Waals surface area (Å²) in [5, 5.41) is 28.0. The Morgan fingerprint density at radius 2 is 2.02 bits per heavy atom. The summed E-state index contributed by atoms with van der Waals surface area (Å²) in [7, 11) is 0. The van der Waals surface area contributed by atoms with Crippen molar-refractivity contribution in [3.63, 3.8) is 0 Å². The highest BCUT2D eigenvalue weighted by molar-refractivity contribution is 8.09. The van der Waals surface area contributed by atoms with Gasteiger partial charge in [0.15, 0.2) is 47.0 Å². The first kappa shape index (κ1) is 27.0. The van der Waals surface area contributed by atoms with Gasteiger partial charge in [-0.3, -0.25) is 14.3 Å². The van der Waals surface area contributed by atoms with Gasteiger partial charge in [0, 0.05) is 0 Å². The number of nitrogens with one attached hydrogen (secondary N) is 1. The first-order valence-corrected chi connectivity index (χ1v) is 14.6. The van der Waals surface area contributed by atoms with Gasteiger partial charge < -0.3 is 40.6 Å². The van der Waals surface area contributed by atoms with Gasteiger partial charge in [-0.1, -0.05) is 5.21 Å². The summed E-state index contributed by atoms with van der Waals surface area (Å²) in [5.74, 6) is -0.127. The molecule has 214 valence electrons. The van der Waals surface area contributed by atoms with E-state index < -0.39 is 61.3 Å². The molecule has 2 unspecified atom stereocenters. The van der Waals surface area contributed by atoms with E-state index in [1.807, 2.05) is 0 Å². The van der Waals surface area contributed by atoms with Gasteiger partial charge in [-0.15, -0.1) is 5.10 Å². The number of fused-ring (bicyclic) bond motifs is 2. The molecule has 0 amide bonds. The number of alkyl halides is 1. The Bertz CT molecular complexity index is 1690. The molecule has 0 aliphatic carbocycles. The van der Waals surface area contributed by atoms with Crippen LogP contribution in [-0.4, -0.2) is 103 Å². The molecule has 8 atom stereocenters. The molecule has 6 rings (SSSR count). The summed E-state index contributed by atoms with van der Waals surface area (Å²) in [4.78, 5) is 41.8. The standard InChI is InChI=1S/C19H23FN11O7PS/c20-9-12(33)7(38-18(9)31-14-10(28-29-31)13(21)23-4-24-14)3-36-39(35,40)8-1-6(2-32)37-17(8)30-5-25-11-15(30)26-19(22)27-16(11)34/h4-9,12,17-18,32-33H,1-3H2,(H,35,40)(H2,21,23,24)(H3,22,26,27,34)/t6?,7-,8-,9+,12-,17-,18-,39?/m1/s1. The van der Waals surface area contributed by atoms with E-state index >= 15 is 4.39 Å². The van der Waals surface area contributed by atoms with Crippen LogP contribution in [0.1, 0.15) is 18.9 Å². The summed E-state index contributed by atoms with van der Waals surface area (Å²) in [5.41, 5.74) is 10.2. The molecule has 2 aliphatic rings. The fourth-order valence-corrected chi connectivity index (χ4v) is 7.13. The van der Waals surface area contributed by atoms with E-state index in [9.17, 15) is 19.9 Å². The summed E-state index contributed by atoms with van der Waals surface area (Å²) >= 11 is 5.47. The van der Waals surface area contributed by atoms with Crippen molar-refractivity contribution in [2.24, 2.45) is 0 Å². The Hall–Kier alpha value is -3.23. The molecular formula is C19H23FN11O7PS. The van der Waals surface area contributed by atoms with Crippen LogP contribution in [0.15, 0.2) is 17.4 Å². The highest BCUT2D eigenvalue weighted by Crippen LogP contribution is 2.57. The highest BCUT2D eigenvalue weighted by Gasteiger charge is 2.49. The number of aliphatic hydroxyl groups excluding tert-OH is 2. The van der Waals surface area contributed by atoms with Crippen molar-refractivity contribution in [1.29, 1.82) is 0 Å². The van der Waals surface area contributed by atoms with Crippen LogP contribution in [0.2, 0.25) is 0 Å². The molecule has 2 saturated heterocycles. The summed E-state index contributed by atoms with van der Waals surface area (Å²) in [6, 6.07) is 0. The zero-order valence-corrected chi connectivity index (χ0v) is 22.0. The molecule has 2 fully saturated rings. The van der Waals surface area contributed by atoms with Crippen LogP contribution >= 0.6 is 6.49 Å². The van der Waals surface area contributed by atoms with Crippen LogP contribution in [0.4, 0.5) is 16.2 Å². The number of anilines is 2. The number of hydrogen-bond donors (Lipinski definition) is 6. The van der Waals surface area contributed by atoms with Crippen LogP contribution in [-0.2, 0) is 25.8 Å². The van der Waals surface area contributed by atoms with Crippen molar-refractivity contribution in [2.75, 3.05) is 24.7 Å². The summed E-state index contributed by atoms with van der Waals surface area (Å²) < 4.78 is 34.8. The van der Waals surface area contributed by atoms with Crippen molar-refractivity contribution in [3.05, 3.63) is 23.0 Å². The molecule has 0 aromatic carbocycles. The lowest BCUT2D eigenvalue weighted by Crippen LogP contribution is -2.32. The molecule has 6 heterocycles. The average Bonchev–Trinajstić information content (AvgIpc) is 3.69. The number of hydrogen-bond acceptors (Lipinski definition) is 15. The summed E-state index contributed by atoms with van der Waals surface area (Å²) in [6.07, 6.45) is -5.55. The van der Waals surface area contributed by atoms with E-state index in [-0.39, 0.29) is 47.1 Å². The quantitative estimate of drug-likeness (QED) is 0.126. The van der Waals surface area contributed by atoms with Gasteiger partial charge in [-0.25, -0.2) is 19.3 Å². The van der Waals surface area contributed by atoms with E-state index in [1.54, 1.807) is 0 Å². The predicted molar refractivity (Wildman–Crippen MR) is 137 cm³/mol. The van der Waals surface area contributed by atoms with Gasteiger partial charge in [-0.05, 0) is 18.2 Å². The smallest absolute Gasteiger partial charge is 0.280 e. The van der Waals surface area contributed by atoms with Crippen molar-refractivity contribution in [2.45, 2.75) is 49.0 Å². The molecule has 4 aromatic rings. The van der Waals surface area contributed by atoms with E-state index in [2.05, 4.69) is 35.2 Å². The first-order valence-electron chi connectivity index (χ1n) is 11.8. The minimum Gasteiger partial charge on any atom is -0.394 e. The molecule has 21 heteroatoms. The second kappa shape index (κ2) is 10.00. The van der Waals surface area contributed by atoms with E-state index in [4.69, 9.17) is 37.3 Å². The van der Waals surface area contributed by atoms with Gasteiger partial charge >= 0.3 is 0 Å². The predicted octanol–water partition coefficient (Wildman–Crippen LogP) is -1.92. The molecule has 8 N–H and O–H groups in total. The van der Waals surface area contributed by atoms with Crippen LogP contribution < -0.4 is 17.0 Å². The number of aromatic nitrogens is 9. The molecule has 0 bridgehead atoms. The van der Waals surface area contributed by atoms with Crippen molar-refractivity contribution in [3.8, 4) is 0 Å². The van der Waals surface area contributed by atoms with Crippen molar-refractivity contribution in [1.82, 2.24) is 44.5 Å². The molecule has 40 heavy (non-hydrogen) atoms. The number of H-pyrrole nitrogens is 1. The third-order valence-corrected chi connectivity index (χ3v) is 9.71. The van der Waals surface area contributed by atoms with E-state index in [0.29, 0.717) is 0 Å². The van der Waals surface area contributed by atoms with Crippen molar-refractivity contribution >= 4 is 52.4 Å². The Morgan fingerprint density at radius 1 is 1.23 bits per heavy atom. The molecule has 0 saturated carbocycles. The number of rotatable bonds is 7. The topological polar surface area (TPSA) is 260 Å². The molecule has 0 spiro atoms. The largest absolute Gasteiger partial charge is 0.394 e. The van der Waals surface area contributed by atoms with Crippen LogP contribution in [0.3, 0.4) is 0 Å².